The van der Waals surface area contributed by atoms with Crippen LogP contribution in [0.5, 0.6) is 5.75 Å². The van der Waals surface area contributed by atoms with Crippen LogP contribution in [0.1, 0.15) is 11.1 Å². The number of aromatic nitrogens is 1. The van der Waals surface area contributed by atoms with Gasteiger partial charge in [-0.3, -0.25) is 9.88 Å². The van der Waals surface area contributed by atoms with Crippen LogP contribution in [0.2, 0.25) is 5.02 Å². The van der Waals surface area contributed by atoms with Crippen molar-refractivity contribution in [3.63, 3.8) is 0 Å². The van der Waals surface area contributed by atoms with Crippen LogP contribution in [0.25, 0.3) is 22.1 Å². The van der Waals surface area contributed by atoms with E-state index in [1.807, 2.05) is 48.5 Å². The van der Waals surface area contributed by atoms with Gasteiger partial charge in [0.25, 0.3) is 0 Å². The van der Waals surface area contributed by atoms with Gasteiger partial charge in [-0.05, 0) is 34.9 Å². The third-order valence-electron chi connectivity index (χ3n) is 5.05. The fourth-order valence-electron chi connectivity index (χ4n) is 3.74. The minimum atomic E-state index is -0.396. The number of benzene rings is 2. The van der Waals surface area contributed by atoms with E-state index >= 15 is 0 Å². The first kappa shape index (κ1) is 17.9. The third kappa shape index (κ3) is 3.39. The highest BCUT2D eigenvalue weighted by molar-refractivity contribution is 6.33. The van der Waals surface area contributed by atoms with E-state index < -0.39 is 5.63 Å². The van der Waals surface area contributed by atoms with E-state index in [0.717, 1.165) is 27.6 Å². The normalized spacial score (nSPS) is 13.8. The lowest BCUT2D eigenvalue weighted by molar-refractivity contribution is 0.0890. The highest BCUT2D eigenvalue weighted by atomic mass is 35.5. The number of hydrogen-bond donors (Lipinski definition) is 0. The third-order valence-corrected chi connectivity index (χ3v) is 5.33. The highest BCUT2D eigenvalue weighted by Gasteiger charge is 2.25. The van der Waals surface area contributed by atoms with Crippen molar-refractivity contribution in [2.75, 3.05) is 6.73 Å². The van der Waals surface area contributed by atoms with Gasteiger partial charge in [-0.2, -0.15) is 0 Å². The maximum atomic E-state index is 12.4. The monoisotopic (exact) mass is 404 g/mol. The van der Waals surface area contributed by atoms with Crippen molar-refractivity contribution in [2.24, 2.45) is 0 Å². The van der Waals surface area contributed by atoms with Crippen molar-refractivity contribution in [1.82, 2.24) is 9.88 Å². The van der Waals surface area contributed by atoms with Gasteiger partial charge in [-0.25, -0.2) is 4.79 Å². The van der Waals surface area contributed by atoms with E-state index in [9.17, 15) is 4.79 Å². The standard InChI is InChI=1S/C23H17ClN2O3/c24-20-10-18-17(16-4-2-1-3-5-16)11-21(27)29-22(18)19-13-26(14-28-23(19)20)12-15-6-8-25-9-7-15/h1-11H,12-14H2. The number of nitrogens with zero attached hydrogens (tertiary/aromatic N) is 2. The average molecular weight is 405 g/mol. The van der Waals surface area contributed by atoms with Crippen LogP contribution in [0.15, 0.2) is 76.2 Å². The molecule has 144 valence electrons. The molecule has 0 N–H and O–H groups in total. The lowest BCUT2D eigenvalue weighted by Gasteiger charge is -2.30. The summed E-state index contributed by atoms with van der Waals surface area (Å²) < 4.78 is 11.6. The number of fused-ring (bicyclic) bond motifs is 3. The molecule has 0 unspecified atom stereocenters. The van der Waals surface area contributed by atoms with E-state index in [0.29, 0.717) is 36.2 Å². The van der Waals surface area contributed by atoms with Crippen LogP contribution in [0, 0.1) is 0 Å². The molecule has 0 saturated carbocycles. The Labute approximate surface area is 172 Å². The van der Waals surface area contributed by atoms with Crippen molar-refractivity contribution in [2.45, 2.75) is 13.1 Å². The zero-order chi connectivity index (χ0) is 19.8. The van der Waals surface area contributed by atoms with Gasteiger partial charge < -0.3 is 9.15 Å². The summed E-state index contributed by atoms with van der Waals surface area (Å²) >= 11 is 6.56. The lowest BCUT2D eigenvalue weighted by Crippen LogP contribution is -2.32. The molecule has 0 atom stereocenters. The summed E-state index contributed by atoms with van der Waals surface area (Å²) in [6, 6.07) is 17.0. The summed E-state index contributed by atoms with van der Waals surface area (Å²) in [6.45, 7) is 1.66. The number of pyridine rings is 1. The van der Waals surface area contributed by atoms with Crippen LogP contribution >= 0.6 is 11.6 Å². The topological polar surface area (TPSA) is 55.6 Å². The first-order valence-electron chi connectivity index (χ1n) is 9.28. The molecule has 0 fully saturated rings. The summed E-state index contributed by atoms with van der Waals surface area (Å²) in [5.41, 5.74) is 3.79. The van der Waals surface area contributed by atoms with E-state index in [1.165, 1.54) is 6.07 Å². The maximum Gasteiger partial charge on any atom is 0.336 e. The molecule has 0 bridgehead atoms. The molecular formula is C23H17ClN2O3. The molecular weight excluding hydrogens is 388 g/mol. The Hall–Kier alpha value is -3.15. The highest BCUT2D eigenvalue weighted by Crippen LogP contribution is 2.41. The Bertz CT molecular complexity index is 1240. The van der Waals surface area contributed by atoms with Gasteiger partial charge >= 0.3 is 5.63 Å². The molecule has 2 aromatic heterocycles. The molecule has 0 spiro atoms. The Balaban J connectivity index is 1.63. The summed E-state index contributed by atoms with van der Waals surface area (Å²) in [7, 11) is 0. The molecule has 0 radical (unpaired) electrons. The van der Waals surface area contributed by atoms with Crippen LogP contribution in [0.3, 0.4) is 0 Å². The van der Waals surface area contributed by atoms with E-state index in [-0.39, 0.29) is 0 Å². The second-order valence-corrected chi connectivity index (χ2v) is 7.41. The smallest absolute Gasteiger partial charge is 0.336 e. The van der Waals surface area contributed by atoms with Gasteiger partial charge in [0, 0.05) is 36.9 Å². The largest absolute Gasteiger partial charge is 0.476 e. The van der Waals surface area contributed by atoms with Gasteiger partial charge in [0.1, 0.15) is 18.1 Å². The van der Waals surface area contributed by atoms with Gasteiger partial charge in [-0.1, -0.05) is 41.9 Å². The molecule has 0 aliphatic carbocycles. The fourth-order valence-corrected chi connectivity index (χ4v) is 4.02. The van der Waals surface area contributed by atoms with Gasteiger partial charge in [0.05, 0.1) is 10.6 Å². The molecule has 5 rings (SSSR count). The van der Waals surface area contributed by atoms with Crippen LogP contribution in [-0.4, -0.2) is 16.6 Å². The number of halogens is 1. The summed E-state index contributed by atoms with van der Waals surface area (Å²) in [5, 5.41) is 1.32. The number of ether oxygens (including phenoxy) is 1. The molecule has 6 heteroatoms. The zero-order valence-corrected chi connectivity index (χ0v) is 16.2. The van der Waals surface area contributed by atoms with Gasteiger partial charge in [0.15, 0.2) is 0 Å². The first-order valence-corrected chi connectivity index (χ1v) is 9.65. The molecule has 29 heavy (non-hydrogen) atoms. The predicted molar refractivity (Wildman–Crippen MR) is 112 cm³/mol. The van der Waals surface area contributed by atoms with E-state index in [2.05, 4.69) is 9.88 Å². The lowest BCUT2D eigenvalue weighted by atomic mass is 9.99. The summed E-state index contributed by atoms with van der Waals surface area (Å²) in [4.78, 5) is 18.5. The summed E-state index contributed by atoms with van der Waals surface area (Å²) in [6.07, 6.45) is 3.54. The zero-order valence-electron chi connectivity index (χ0n) is 15.5. The molecule has 4 aromatic rings. The number of rotatable bonds is 3. The molecule has 5 nitrogen and oxygen atoms in total. The minimum Gasteiger partial charge on any atom is -0.476 e. The van der Waals surface area contributed by atoms with Crippen LogP contribution in [0.4, 0.5) is 0 Å². The van der Waals surface area contributed by atoms with E-state index in [1.54, 1.807) is 12.4 Å². The second-order valence-electron chi connectivity index (χ2n) is 7.00. The quantitative estimate of drug-likeness (QED) is 0.456. The van der Waals surface area contributed by atoms with Gasteiger partial charge in [-0.15, -0.1) is 0 Å². The molecule has 2 aromatic carbocycles. The Morgan fingerprint density at radius 1 is 1.07 bits per heavy atom. The fraction of sp³-hybridized carbons (Fsp3) is 0.130. The molecule has 1 aliphatic heterocycles. The second kappa shape index (κ2) is 7.35. The van der Waals surface area contributed by atoms with Crippen LogP contribution < -0.4 is 10.4 Å². The first-order chi connectivity index (χ1) is 14.2. The molecule has 1 aliphatic rings. The Kier molecular flexibility index (Phi) is 4.54. The minimum absolute atomic E-state index is 0.396. The van der Waals surface area contributed by atoms with Crippen LogP contribution in [-0.2, 0) is 13.1 Å². The maximum absolute atomic E-state index is 12.4. The molecule has 0 amide bonds. The molecule has 0 saturated heterocycles. The number of hydrogen-bond acceptors (Lipinski definition) is 5. The van der Waals surface area contributed by atoms with Crippen molar-refractivity contribution in [3.8, 4) is 16.9 Å². The SMILES string of the molecule is O=c1cc(-c2ccccc2)c2cc(Cl)c3c(c2o1)CN(Cc1ccncc1)CO3. The Morgan fingerprint density at radius 2 is 1.86 bits per heavy atom. The Morgan fingerprint density at radius 3 is 2.66 bits per heavy atom. The van der Waals surface area contributed by atoms with E-state index in [4.69, 9.17) is 20.8 Å². The van der Waals surface area contributed by atoms with Crippen molar-refractivity contribution in [3.05, 3.63) is 93.6 Å². The van der Waals surface area contributed by atoms with Gasteiger partial charge in [0.2, 0.25) is 0 Å². The van der Waals surface area contributed by atoms with Crippen molar-refractivity contribution >= 4 is 22.6 Å². The predicted octanol–water partition coefficient (Wildman–Crippen LogP) is 4.86. The van der Waals surface area contributed by atoms with Crippen molar-refractivity contribution < 1.29 is 9.15 Å². The molecule has 3 heterocycles. The van der Waals surface area contributed by atoms with Crippen molar-refractivity contribution in [1.29, 1.82) is 0 Å². The average Bonchev–Trinajstić information content (AvgIpc) is 2.75. The summed E-state index contributed by atoms with van der Waals surface area (Å²) in [5.74, 6) is 0.582.